The third-order valence-electron chi connectivity index (χ3n) is 3.38. The van der Waals surface area contributed by atoms with E-state index in [4.69, 9.17) is 11.6 Å². The standard InChI is InChI=1S/C18H16ClN3OS3/c1-12-7-8-14(9-15(12)19)20-16(23)11-25-18-22-21-17(26-18)24-10-13-5-3-2-4-6-13/h2-9H,10-11H2,1H3,(H,20,23). The first-order valence-electron chi connectivity index (χ1n) is 7.79. The van der Waals surface area contributed by atoms with Gasteiger partial charge in [-0.1, -0.05) is 82.9 Å². The molecule has 0 spiro atoms. The molecule has 0 saturated carbocycles. The maximum Gasteiger partial charge on any atom is 0.234 e. The van der Waals surface area contributed by atoms with E-state index in [1.807, 2.05) is 37.3 Å². The molecule has 0 bridgehead atoms. The zero-order valence-electron chi connectivity index (χ0n) is 13.9. The van der Waals surface area contributed by atoms with E-state index in [0.29, 0.717) is 10.7 Å². The molecule has 0 aliphatic carbocycles. The summed E-state index contributed by atoms with van der Waals surface area (Å²) in [6, 6.07) is 15.7. The number of nitrogens with one attached hydrogen (secondary N) is 1. The number of aryl methyl sites for hydroxylation is 1. The van der Waals surface area contributed by atoms with Gasteiger partial charge in [0.25, 0.3) is 0 Å². The second-order valence-corrected chi connectivity index (χ2v) is 9.24. The molecule has 1 N–H and O–H groups in total. The Bertz CT molecular complexity index is 886. The van der Waals surface area contributed by atoms with Crippen LogP contribution in [0.4, 0.5) is 5.69 Å². The van der Waals surface area contributed by atoms with Crippen molar-refractivity contribution in [3.63, 3.8) is 0 Å². The highest BCUT2D eigenvalue weighted by Crippen LogP contribution is 2.30. The van der Waals surface area contributed by atoms with E-state index < -0.39 is 0 Å². The highest BCUT2D eigenvalue weighted by Gasteiger charge is 2.09. The minimum absolute atomic E-state index is 0.0939. The van der Waals surface area contributed by atoms with E-state index in [1.54, 1.807) is 17.8 Å². The molecule has 134 valence electrons. The Labute approximate surface area is 169 Å². The predicted molar refractivity (Wildman–Crippen MR) is 111 cm³/mol. The number of benzene rings is 2. The van der Waals surface area contributed by atoms with Gasteiger partial charge in [0.2, 0.25) is 5.91 Å². The molecule has 0 aliphatic rings. The Morgan fingerprint density at radius 3 is 2.58 bits per heavy atom. The summed E-state index contributed by atoms with van der Waals surface area (Å²) in [5, 5.41) is 11.8. The summed E-state index contributed by atoms with van der Waals surface area (Å²) in [7, 11) is 0. The number of aromatic nitrogens is 2. The number of thioether (sulfide) groups is 2. The fourth-order valence-electron chi connectivity index (χ4n) is 2.03. The molecule has 0 radical (unpaired) electrons. The van der Waals surface area contributed by atoms with Crippen LogP contribution in [0, 0.1) is 6.92 Å². The highest BCUT2D eigenvalue weighted by atomic mass is 35.5. The molecule has 1 amide bonds. The number of amides is 1. The highest BCUT2D eigenvalue weighted by molar-refractivity contribution is 8.03. The lowest BCUT2D eigenvalue weighted by atomic mass is 10.2. The summed E-state index contributed by atoms with van der Waals surface area (Å²) in [6.07, 6.45) is 0. The van der Waals surface area contributed by atoms with Crippen molar-refractivity contribution in [1.29, 1.82) is 0 Å². The summed E-state index contributed by atoms with van der Waals surface area (Å²) in [5.74, 6) is 1.04. The van der Waals surface area contributed by atoms with Gasteiger partial charge in [-0.05, 0) is 30.2 Å². The van der Waals surface area contributed by atoms with E-state index >= 15 is 0 Å². The fourth-order valence-corrected chi connectivity index (χ4v) is 4.98. The van der Waals surface area contributed by atoms with Crippen LogP contribution in [-0.2, 0) is 10.5 Å². The van der Waals surface area contributed by atoms with Crippen LogP contribution in [0.25, 0.3) is 0 Å². The first kappa shape index (κ1) is 19.2. The van der Waals surface area contributed by atoms with Crippen molar-refractivity contribution in [2.24, 2.45) is 0 Å². The van der Waals surface area contributed by atoms with E-state index in [0.717, 1.165) is 20.0 Å². The van der Waals surface area contributed by atoms with Crippen molar-refractivity contribution in [2.45, 2.75) is 21.4 Å². The quantitative estimate of drug-likeness (QED) is 0.509. The topological polar surface area (TPSA) is 54.9 Å². The first-order chi connectivity index (χ1) is 12.6. The van der Waals surface area contributed by atoms with Gasteiger partial charge in [-0.25, -0.2) is 0 Å². The maximum absolute atomic E-state index is 12.1. The molecule has 2 aromatic carbocycles. The molecule has 0 fully saturated rings. The van der Waals surface area contributed by atoms with Crippen LogP contribution in [0.15, 0.2) is 57.2 Å². The zero-order chi connectivity index (χ0) is 18.4. The molecule has 0 unspecified atom stereocenters. The molecule has 0 aliphatic heterocycles. The Morgan fingerprint density at radius 2 is 1.85 bits per heavy atom. The molecule has 8 heteroatoms. The fraction of sp³-hybridized carbons (Fsp3) is 0.167. The lowest BCUT2D eigenvalue weighted by Gasteiger charge is -2.05. The number of halogens is 1. The number of nitrogens with zero attached hydrogens (tertiary/aromatic N) is 2. The van der Waals surface area contributed by atoms with Crippen molar-refractivity contribution < 1.29 is 4.79 Å². The molecule has 3 aromatic rings. The molecular weight excluding hydrogens is 406 g/mol. The largest absolute Gasteiger partial charge is 0.325 e. The van der Waals surface area contributed by atoms with Gasteiger partial charge in [0.1, 0.15) is 0 Å². The third-order valence-corrected chi connectivity index (χ3v) is 7.04. The number of hydrogen-bond acceptors (Lipinski definition) is 6. The second kappa shape index (κ2) is 9.41. The van der Waals surface area contributed by atoms with Crippen molar-refractivity contribution in [2.75, 3.05) is 11.1 Å². The summed E-state index contributed by atoms with van der Waals surface area (Å²) in [5.41, 5.74) is 2.93. The molecule has 0 saturated heterocycles. The van der Waals surface area contributed by atoms with Crippen LogP contribution in [-0.4, -0.2) is 21.9 Å². The van der Waals surface area contributed by atoms with Crippen LogP contribution in [0.3, 0.4) is 0 Å². The number of carbonyl (C=O) groups is 1. The van der Waals surface area contributed by atoms with Gasteiger partial charge in [0.15, 0.2) is 8.68 Å². The smallest absolute Gasteiger partial charge is 0.234 e. The van der Waals surface area contributed by atoms with E-state index in [9.17, 15) is 4.79 Å². The van der Waals surface area contributed by atoms with Gasteiger partial charge in [0.05, 0.1) is 5.75 Å². The Hall–Kier alpha value is -1.54. The van der Waals surface area contributed by atoms with E-state index in [-0.39, 0.29) is 11.7 Å². The van der Waals surface area contributed by atoms with Gasteiger partial charge in [-0.15, -0.1) is 10.2 Å². The molecule has 3 rings (SSSR count). The molecule has 0 atom stereocenters. The van der Waals surface area contributed by atoms with E-state index in [1.165, 1.54) is 28.7 Å². The van der Waals surface area contributed by atoms with Crippen molar-refractivity contribution >= 4 is 58.1 Å². The number of hydrogen-bond donors (Lipinski definition) is 1. The minimum atomic E-state index is -0.0939. The minimum Gasteiger partial charge on any atom is -0.325 e. The molecule has 26 heavy (non-hydrogen) atoms. The molecule has 1 aromatic heterocycles. The summed E-state index contributed by atoms with van der Waals surface area (Å²) in [4.78, 5) is 12.1. The first-order valence-corrected chi connectivity index (χ1v) is 11.0. The number of carbonyl (C=O) groups excluding carboxylic acids is 1. The van der Waals surface area contributed by atoms with Crippen molar-refractivity contribution in [3.8, 4) is 0 Å². The SMILES string of the molecule is Cc1ccc(NC(=O)CSc2nnc(SCc3ccccc3)s2)cc1Cl. The molecular formula is C18H16ClN3OS3. The molecule has 1 heterocycles. The average Bonchev–Trinajstić information content (AvgIpc) is 3.10. The molecule has 4 nitrogen and oxygen atoms in total. The number of rotatable bonds is 7. The zero-order valence-corrected chi connectivity index (χ0v) is 17.1. The second-order valence-electron chi connectivity index (χ2n) is 5.41. The lowest BCUT2D eigenvalue weighted by Crippen LogP contribution is -2.13. The van der Waals surface area contributed by atoms with Gasteiger partial charge < -0.3 is 5.32 Å². The third kappa shape index (κ3) is 5.74. The van der Waals surface area contributed by atoms with Gasteiger partial charge in [-0.3, -0.25) is 4.79 Å². The predicted octanol–water partition coefficient (Wildman–Crippen LogP) is 5.52. The van der Waals surface area contributed by atoms with Crippen LogP contribution < -0.4 is 5.32 Å². The van der Waals surface area contributed by atoms with Gasteiger partial charge in [-0.2, -0.15) is 0 Å². The normalized spacial score (nSPS) is 10.7. The summed E-state index contributed by atoms with van der Waals surface area (Å²) in [6.45, 7) is 1.92. The van der Waals surface area contributed by atoms with Crippen LogP contribution >= 0.6 is 46.5 Å². The number of anilines is 1. The van der Waals surface area contributed by atoms with Gasteiger partial charge in [0, 0.05) is 16.5 Å². The van der Waals surface area contributed by atoms with Crippen LogP contribution in [0.5, 0.6) is 0 Å². The summed E-state index contributed by atoms with van der Waals surface area (Å²) < 4.78 is 1.69. The Kier molecular flexibility index (Phi) is 6.96. The Morgan fingerprint density at radius 1 is 1.12 bits per heavy atom. The van der Waals surface area contributed by atoms with Gasteiger partial charge >= 0.3 is 0 Å². The van der Waals surface area contributed by atoms with E-state index in [2.05, 4.69) is 27.6 Å². The van der Waals surface area contributed by atoms with Crippen molar-refractivity contribution in [1.82, 2.24) is 10.2 Å². The van der Waals surface area contributed by atoms with Crippen molar-refractivity contribution in [3.05, 3.63) is 64.7 Å². The lowest BCUT2D eigenvalue weighted by molar-refractivity contribution is -0.113. The Balaban J connectivity index is 1.46. The average molecular weight is 422 g/mol. The van der Waals surface area contributed by atoms with Crippen LogP contribution in [0.2, 0.25) is 5.02 Å². The summed E-state index contributed by atoms with van der Waals surface area (Å²) >= 11 is 10.6. The maximum atomic E-state index is 12.1. The van der Waals surface area contributed by atoms with Crippen LogP contribution in [0.1, 0.15) is 11.1 Å². The monoisotopic (exact) mass is 421 g/mol.